The smallest absolute Gasteiger partial charge is 0.143 e. The number of nitrogens with zero attached hydrogens (tertiary/aromatic N) is 3. The van der Waals surface area contributed by atoms with Gasteiger partial charge in [-0.3, -0.25) is 0 Å². The van der Waals surface area contributed by atoms with Crippen LogP contribution in [-0.4, -0.2) is 22.2 Å². The first-order valence-corrected chi connectivity index (χ1v) is 6.55. The fraction of sp³-hybridized carbons (Fsp3) is 0.667. The van der Waals surface area contributed by atoms with Crippen molar-refractivity contribution in [2.75, 3.05) is 7.05 Å². The fourth-order valence-electron chi connectivity index (χ4n) is 2.41. The Hall–Kier alpha value is -0.900. The molecule has 0 saturated heterocycles. The Morgan fingerprint density at radius 1 is 1.31 bits per heavy atom. The fourth-order valence-corrected chi connectivity index (χ4v) is 3.08. The normalized spacial score (nSPS) is 20.3. The summed E-state index contributed by atoms with van der Waals surface area (Å²) in [5.74, 6) is 2.21. The van der Waals surface area contributed by atoms with Crippen molar-refractivity contribution >= 4 is 22.4 Å². The molecular weight excluding hydrogens is 218 g/mol. The number of aliphatic imine (C=N–C) groups is 1. The first kappa shape index (κ1) is 11.6. The summed E-state index contributed by atoms with van der Waals surface area (Å²) in [6.07, 6.45) is 1.97. The molecule has 1 aliphatic rings. The van der Waals surface area contributed by atoms with E-state index in [2.05, 4.69) is 44.0 Å². The molecule has 1 aliphatic heterocycles. The maximum Gasteiger partial charge on any atom is 0.143 e. The molecule has 88 valence electrons. The van der Waals surface area contributed by atoms with Gasteiger partial charge in [0.15, 0.2) is 0 Å². The lowest BCUT2D eigenvalue weighted by molar-refractivity contribution is 0.279. The van der Waals surface area contributed by atoms with Crippen LogP contribution in [0.3, 0.4) is 0 Å². The van der Waals surface area contributed by atoms with E-state index in [1.54, 1.807) is 0 Å². The second-order valence-electron chi connectivity index (χ2n) is 5.01. The van der Waals surface area contributed by atoms with Gasteiger partial charge in [0, 0.05) is 24.7 Å². The van der Waals surface area contributed by atoms with Crippen LogP contribution in [0.4, 0.5) is 5.00 Å². The quantitative estimate of drug-likeness (QED) is 0.788. The third kappa shape index (κ3) is 1.75. The zero-order chi connectivity index (χ0) is 11.9. The molecule has 0 aromatic carbocycles. The number of hydrogen-bond donors (Lipinski definition) is 0. The van der Waals surface area contributed by atoms with E-state index >= 15 is 0 Å². The van der Waals surface area contributed by atoms with Crippen molar-refractivity contribution < 1.29 is 0 Å². The summed E-state index contributed by atoms with van der Waals surface area (Å²) in [5.41, 5.74) is 1.28. The van der Waals surface area contributed by atoms with E-state index in [-0.39, 0.29) is 0 Å². The minimum Gasteiger partial charge on any atom is -0.355 e. The van der Waals surface area contributed by atoms with Crippen LogP contribution in [0.5, 0.6) is 0 Å². The van der Waals surface area contributed by atoms with Crippen molar-refractivity contribution in [3.8, 4) is 0 Å². The van der Waals surface area contributed by atoms with Crippen molar-refractivity contribution in [1.82, 2.24) is 9.27 Å². The van der Waals surface area contributed by atoms with Gasteiger partial charge in [0.05, 0.1) is 6.04 Å². The van der Waals surface area contributed by atoms with Crippen LogP contribution >= 0.6 is 11.5 Å². The zero-order valence-electron chi connectivity index (χ0n) is 10.6. The number of aromatic nitrogens is 1. The molecule has 1 aromatic heterocycles. The van der Waals surface area contributed by atoms with Crippen molar-refractivity contribution in [3.05, 3.63) is 11.8 Å². The van der Waals surface area contributed by atoms with E-state index in [1.165, 1.54) is 22.9 Å². The van der Waals surface area contributed by atoms with Gasteiger partial charge in [-0.05, 0) is 17.5 Å². The number of hydrogen-bond acceptors (Lipinski definition) is 4. The maximum absolute atomic E-state index is 4.72. The molecule has 1 aromatic rings. The first-order valence-electron chi connectivity index (χ1n) is 5.78. The summed E-state index contributed by atoms with van der Waals surface area (Å²) in [4.78, 5) is 7.03. The van der Waals surface area contributed by atoms with Crippen LogP contribution in [0.25, 0.3) is 0 Å². The molecule has 0 radical (unpaired) electrons. The molecule has 0 aliphatic carbocycles. The van der Waals surface area contributed by atoms with Gasteiger partial charge in [-0.1, -0.05) is 27.7 Å². The van der Waals surface area contributed by atoms with Crippen LogP contribution in [0, 0.1) is 11.8 Å². The lowest BCUT2D eigenvalue weighted by Crippen LogP contribution is -2.38. The number of rotatable bonds is 2. The summed E-state index contributed by atoms with van der Waals surface area (Å²) in [7, 11) is 2.14. The molecule has 16 heavy (non-hydrogen) atoms. The Bertz CT molecular complexity index is 406. The van der Waals surface area contributed by atoms with Gasteiger partial charge in [-0.2, -0.15) is 4.37 Å². The summed E-state index contributed by atoms with van der Waals surface area (Å²) in [5, 5.41) is 1.10. The van der Waals surface area contributed by atoms with Gasteiger partial charge in [-0.25, -0.2) is 4.99 Å². The molecule has 1 unspecified atom stereocenters. The second kappa shape index (κ2) is 4.17. The van der Waals surface area contributed by atoms with Crippen LogP contribution < -0.4 is 0 Å². The molecule has 0 N–H and O–H groups in total. The standard InChI is InChI=1S/C12H19N3S/c1-7(2)10-9-6-13-16-12(9)14-11(8(3)4)15(10)5/h6-8,10H,1-5H3. The van der Waals surface area contributed by atoms with Gasteiger partial charge in [0.25, 0.3) is 0 Å². The predicted octanol–water partition coefficient (Wildman–Crippen LogP) is 3.47. The van der Waals surface area contributed by atoms with E-state index < -0.39 is 0 Å². The largest absolute Gasteiger partial charge is 0.355 e. The van der Waals surface area contributed by atoms with E-state index in [0.717, 1.165) is 5.00 Å². The van der Waals surface area contributed by atoms with Crippen molar-refractivity contribution in [1.29, 1.82) is 0 Å². The highest BCUT2D eigenvalue weighted by Crippen LogP contribution is 2.41. The molecule has 3 nitrogen and oxygen atoms in total. The second-order valence-corrected chi connectivity index (χ2v) is 5.79. The highest BCUT2D eigenvalue weighted by Gasteiger charge is 2.31. The summed E-state index contributed by atoms with van der Waals surface area (Å²) >= 11 is 1.51. The average Bonchev–Trinajstić information content (AvgIpc) is 2.62. The molecule has 0 spiro atoms. The molecule has 2 rings (SSSR count). The summed E-state index contributed by atoms with van der Waals surface area (Å²) in [6.45, 7) is 8.90. The van der Waals surface area contributed by atoms with Crippen molar-refractivity contribution in [2.24, 2.45) is 16.8 Å². The lowest BCUT2D eigenvalue weighted by Gasteiger charge is -2.37. The number of amidine groups is 1. The van der Waals surface area contributed by atoms with Gasteiger partial charge < -0.3 is 4.90 Å². The third-order valence-electron chi connectivity index (χ3n) is 3.04. The van der Waals surface area contributed by atoms with Crippen LogP contribution in [0.2, 0.25) is 0 Å². The van der Waals surface area contributed by atoms with E-state index in [0.29, 0.717) is 17.9 Å². The summed E-state index contributed by atoms with van der Waals surface area (Å²) < 4.78 is 4.27. The van der Waals surface area contributed by atoms with E-state index in [4.69, 9.17) is 4.99 Å². The molecule has 0 amide bonds. The predicted molar refractivity (Wildman–Crippen MR) is 69.4 cm³/mol. The third-order valence-corrected chi connectivity index (χ3v) is 3.75. The van der Waals surface area contributed by atoms with Crippen LogP contribution in [0.15, 0.2) is 11.2 Å². The van der Waals surface area contributed by atoms with E-state index in [1.807, 2.05) is 6.20 Å². The minimum atomic E-state index is 0.420. The first-order chi connectivity index (χ1) is 7.52. The van der Waals surface area contributed by atoms with Crippen molar-refractivity contribution in [3.63, 3.8) is 0 Å². The SMILES string of the molecule is CC(C)C1=Nc2sncc2C(C(C)C)N1C. The minimum absolute atomic E-state index is 0.420. The molecule has 1 atom stereocenters. The monoisotopic (exact) mass is 237 g/mol. The van der Waals surface area contributed by atoms with Crippen molar-refractivity contribution in [2.45, 2.75) is 33.7 Å². The van der Waals surface area contributed by atoms with Crippen LogP contribution in [0.1, 0.15) is 39.3 Å². The van der Waals surface area contributed by atoms with Crippen LogP contribution in [-0.2, 0) is 0 Å². The molecule has 4 heteroatoms. The zero-order valence-corrected chi connectivity index (χ0v) is 11.4. The Kier molecular flexibility index (Phi) is 3.02. The Morgan fingerprint density at radius 2 is 2.00 bits per heavy atom. The lowest BCUT2D eigenvalue weighted by atomic mass is 9.94. The van der Waals surface area contributed by atoms with E-state index in [9.17, 15) is 0 Å². The van der Waals surface area contributed by atoms with Gasteiger partial charge >= 0.3 is 0 Å². The Balaban J connectivity index is 2.49. The highest BCUT2D eigenvalue weighted by atomic mass is 32.1. The molecule has 0 fully saturated rings. The molecule has 0 saturated carbocycles. The number of fused-ring (bicyclic) bond motifs is 1. The summed E-state index contributed by atoms with van der Waals surface area (Å²) in [6, 6.07) is 0.420. The topological polar surface area (TPSA) is 28.5 Å². The maximum atomic E-state index is 4.72. The molecule has 0 bridgehead atoms. The van der Waals surface area contributed by atoms with Gasteiger partial charge in [0.2, 0.25) is 0 Å². The Morgan fingerprint density at radius 3 is 2.56 bits per heavy atom. The highest BCUT2D eigenvalue weighted by molar-refractivity contribution is 7.10. The molecule has 2 heterocycles. The van der Waals surface area contributed by atoms with Gasteiger partial charge in [-0.15, -0.1) is 0 Å². The van der Waals surface area contributed by atoms with Gasteiger partial charge in [0.1, 0.15) is 10.8 Å². The average molecular weight is 237 g/mol. The molecular formula is C12H19N3S. The Labute approximate surface area is 101 Å².